The van der Waals surface area contributed by atoms with Gasteiger partial charge >= 0.3 is 6.36 Å². The number of rotatable bonds is 9. The summed E-state index contributed by atoms with van der Waals surface area (Å²) in [4.78, 5) is 0. The number of hydrogen-bond acceptors (Lipinski definition) is 3. The van der Waals surface area contributed by atoms with E-state index in [1.165, 1.54) is 12.1 Å². The maximum Gasteiger partial charge on any atom is 0.573 e. The molecule has 0 fully saturated rings. The molecule has 0 aromatic heterocycles. The largest absolute Gasteiger partial charge is 0.573 e. The molecule has 0 saturated carbocycles. The summed E-state index contributed by atoms with van der Waals surface area (Å²) in [6.07, 6.45) is -3.03. The van der Waals surface area contributed by atoms with Crippen LogP contribution in [0.15, 0.2) is 24.3 Å². The zero-order chi connectivity index (χ0) is 15.7. The fourth-order valence-corrected chi connectivity index (χ4v) is 2.10. The summed E-state index contributed by atoms with van der Waals surface area (Å²) in [5, 5.41) is 3.27. The van der Waals surface area contributed by atoms with E-state index in [1.807, 2.05) is 13.8 Å². The molecular formula is C15H22F3NO2. The van der Waals surface area contributed by atoms with Gasteiger partial charge in [0.15, 0.2) is 0 Å². The number of alkyl halides is 3. The van der Waals surface area contributed by atoms with Crippen LogP contribution < -0.4 is 10.1 Å². The molecule has 6 heteroatoms. The minimum atomic E-state index is -4.67. The van der Waals surface area contributed by atoms with Crippen molar-refractivity contribution < 1.29 is 22.6 Å². The van der Waals surface area contributed by atoms with Crippen molar-refractivity contribution in [3.8, 4) is 5.75 Å². The van der Waals surface area contributed by atoms with Gasteiger partial charge in [0.2, 0.25) is 0 Å². The Morgan fingerprint density at radius 2 is 2.00 bits per heavy atom. The van der Waals surface area contributed by atoms with E-state index in [0.717, 1.165) is 24.9 Å². The first-order valence-corrected chi connectivity index (χ1v) is 7.13. The summed E-state index contributed by atoms with van der Waals surface area (Å²) < 4.78 is 46.0. The van der Waals surface area contributed by atoms with E-state index in [4.69, 9.17) is 4.74 Å². The fraction of sp³-hybridized carbons (Fsp3) is 0.600. The Morgan fingerprint density at radius 3 is 2.62 bits per heavy atom. The van der Waals surface area contributed by atoms with Crippen molar-refractivity contribution in [2.75, 3.05) is 19.8 Å². The maximum absolute atomic E-state index is 12.3. The number of hydrogen-bond donors (Lipinski definition) is 1. The van der Waals surface area contributed by atoms with Gasteiger partial charge < -0.3 is 14.8 Å². The summed E-state index contributed by atoms with van der Waals surface area (Å²) in [5.74, 6) is -0.187. The number of benzene rings is 1. The minimum absolute atomic E-state index is 0.00719. The first-order chi connectivity index (χ1) is 9.96. The highest BCUT2D eigenvalue weighted by Gasteiger charge is 2.31. The highest BCUT2D eigenvalue weighted by Crippen LogP contribution is 2.27. The molecular weight excluding hydrogens is 283 g/mol. The number of ether oxygens (including phenoxy) is 2. The van der Waals surface area contributed by atoms with E-state index >= 15 is 0 Å². The zero-order valence-electron chi connectivity index (χ0n) is 12.4. The van der Waals surface area contributed by atoms with E-state index in [-0.39, 0.29) is 11.8 Å². The second kappa shape index (κ2) is 8.89. The molecule has 3 nitrogen and oxygen atoms in total. The first-order valence-electron chi connectivity index (χ1n) is 7.13. The quantitative estimate of drug-likeness (QED) is 0.698. The monoisotopic (exact) mass is 305 g/mol. The van der Waals surface area contributed by atoms with Gasteiger partial charge in [-0.15, -0.1) is 13.2 Å². The molecule has 0 aliphatic heterocycles. The SMILES string of the molecule is CCNC(CCCOCC)c1cccc(OC(F)(F)F)c1. The smallest absolute Gasteiger partial charge is 0.406 e. The Balaban J connectivity index is 2.70. The zero-order valence-corrected chi connectivity index (χ0v) is 12.4. The molecule has 0 aliphatic carbocycles. The van der Waals surface area contributed by atoms with Crippen molar-refractivity contribution >= 4 is 0 Å². The molecule has 1 atom stereocenters. The molecule has 21 heavy (non-hydrogen) atoms. The van der Waals surface area contributed by atoms with Crippen molar-refractivity contribution in [1.29, 1.82) is 0 Å². The van der Waals surface area contributed by atoms with Gasteiger partial charge in [-0.25, -0.2) is 0 Å². The van der Waals surface area contributed by atoms with Crippen LogP contribution in [0.1, 0.15) is 38.3 Å². The molecule has 1 aromatic rings. The molecule has 0 heterocycles. The molecule has 0 amide bonds. The van der Waals surface area contributed by atoms with Gasteiger partial charge in [0, 0.05) is 19.3 Å². The van der Waals surface area contributed by atoms with E-state index in [0.29, 0.717) is 13.2 Å². The number of nitrogens with one attached hydrogen (secondary N) is 1. The van der Waals surface area contributed by atoms with Gasteiger partial charge in [0.05, 0.1) is 0 Å². The third-order valence-corrected chi connectivity index (χ3v) is 2.93. The minimum Gasteiger partial charge on any atom is -0.406 e. The topological polar surface area (TPSA) is 30.5 Å². The van der Waals surface area contributed by atoms with Crippen LogP contribution in [0.4, 0.5) is 13.2 Å². The van der Waals surface area contributed by atoms with Crippen molar-refractivity contribution in [3.05, 3.63) is 29.8 Å². The highest BCUT2D eigenvalue weighted by molar-refractivity contribution is 5.30. The molecule has 120 valence electrons. The Morgan fingerprint density at radius 1 is 1.24 bits per heavy atom. The van der Waals surface area contributed by atoms with Gasteiger partial charge in [-0.3, -0.25) is 0 Å². The van der Waals surface area contributed by atoms with Crippen molar-refractivity contribution in [1.82, 2.24) is 5.32 Å². The van der Waals surface area contributed by atoms with Crippen molar-refractivity contribution in [2.45, 2.75) is 39.1 Å². The Hall–Kier alpha value is -1.27. The van der Waals surface area contributed by atoms with Gasteiger partial charge in [0.25, 0.3) is 0 Å². The Bertz CT molecular complexity index is 410. The van der Waals surface area contributed by atoms with Crippen LogP contribution in [0.2, 0.25) is 0 Å². The second-order valence-electron chi connectivity index (χ2n) is 4.57. The summed E-state index contributed by atoms with van der Waals surface area (Å²) in [5.41, 5.74) is 0.787. The summed E-state index contributed by atoms with van der Waals surface area (Å²) in [6, 6.07) is 6.11. The average molecular weight is 305 g/mol. The average Bonchev–Trinajstić information content (AvgIpc) is 2.41. The van der Waals surface area contributed by atoms with Crippen LogP contribution >= 0.6 is 0 Å². The lowest BCUT2D eigenvalue weighted by molar-refractivity contribution is -0.274. The molecule has 1 N–H and O–H groups in total. The van der Waals surface area contributed by atoms with Crippen LogP contribution in [-0.2, 0) is 4.74 Å². The summed E-state index contributed by atoms with van der Waals surface area (Å²) in [7, 11) is 0. The summed E-state index contributed by atoms with van der Waals surface area (Å²) >= 11 is 0. The third kappa shape index (κ3) is 7.34. The maximum atomic E-state index is 12.3. The van der Waals surface area contributed by atoms with E-state index in [1.54, 1.807) is 12.1 Å². The standard InChI is InChI=1S/C15H22F3NO2/c1-3-19-14(9-6-10-20-4-2)12-7-5-8-13(11-12)21-15(16,17)18/h5,7-8,11,14,19H,3-4,6,9-10H2,1-2H3. The third-order valence-electron chi connectivity index (χ3n) is 2.93. The van der Waals surface area contributed by atoms with Crippen LogP contribution in [0, 0.1) is 0 Å². The molecule has 0 bridgehead atoms. The van der Waals surface area contributed by atoms with E-state index < -0.39 is 6.36 Å². The lowest BCUT2D eigenvalue weighted by Gasteiger charge is -2.19. The number of halogens is 3. The normalized spacial score (nSPS) is 13.2. The molecule has 0 spiro atoms. The molecule has 1 aromatic carbocycles. The fourth-order valence-electron chi connectivity index (χ4n) is 2.10. The first kappa shape index (κ1) is 17.8. The molecule has 1 rings (SSSR count). The van der Waals surface area contributed by atoms with Crippen LogP contribution in [0.25, 0.3) is 0 Å². The van der Waals surface area contributed by atoms with Gasteiger partial charge in [-0.2, -0.15) is 0 Å². The van der Waals surface area contributed by atoms with Gasteiger partial charge in [-0.1, -0.05) is 19.1 Å². The van der Waals surface area contributed by atoms with Crippen LogP contribution in [0.3, 0.4) is 0 Å². The Labute approximate surface area is 123 Å². The van der Waals surface area contributed by atoms with Crippen LogP contribution in [-0.4, -0.2) is 26.1 Å². The molecule has 0 radical (unpaired) electrons. The lowest BCUT2D eigenvalue weighted by Crippen LogP contribution is -2.22. The van der Waals surface area contributed by atoms with E-state index in [2.05, 4.69) is 10.1 Å². The van der Waals surface area contributed by atoms with Crippen molar-refractivity contribution in [2.24, 2.45) is 0 Å². The Kier molecular flexibility index (Phi) is 7.53. The molecule has 1 unspecified atom stereocenters. The van der Waals surface area contributed by atoms with E-state index in [9.17, 15) is 13.2 Å². The van der Waals surface area contributed by atoms with Gasteiger partial charge in [0.1, 0.15) is 5.75 Å². The molecule has 0 saturated heterocycles. The predicted octanol–water partition coefficient (Wildman–Crippen LogP) is 4.05. The lowest BCUT2D eigenvalue weighted by atomic mass is 10.0. The van der Waals surface area contributed by atoms with Crippen LogP contribution in [0.5, 0.6) is 5.75 Å². The predicted molar refractivity (Wildman–Crippen MR) is 75.3 cm³/mol. The molecule has 0 aliphatic rings. The second-order valence-corrected chi connectivity index (χ2v) is 4.57. The highest BCUT2D eigenvalue weighted by atomic mass is 19.4. The summed E-state index contributed by atoms with van der Waals surface area (Å²) in [6.45, 7) is 5.95. The van der Waals surface area contributed by atoms with Gasteiger partial charge in [-0.05, 0) is 44.0 Å². The van der Waals surface area contributed by atoms with Crippen molar-refractivity contribution in [3.63, 3.8) is 0 Å².